The van der Waals surface area contributed by atoms with Crippen LogP contribution in [0.4, 0.5) is 10.1 Å². The van der Waals surface area contributed by atoms with Crippen LogP contribution in [0.3, 0.4) is 0 Å². The molecule has 43 heavy (non-hydrogen) atoms. The van der Waals surface area contributed by atoms with Crippen LogP contribution < -0.4 is 14.4 Å². The summed E-state index contributed by atoms with van der Waals surface area (Å²) in [4.78, 5) is 21.2. The number of hydrogen-bond acceptors (Lipinski definition) is 6. The molecule has 0 aliphatic rings. The molecule has 1 amide bonds. The van der Waals surface area contributed by atoms with E-state index >= 15 is 0 Å². The second-order valence-corrected chi connectivity index (χ2v) is 12.1. The van der Waals surface area contributed by atoms with Crippen LogP contribution in [-0.2, 0) is 10.0 Å². The maximum atomic E-state index is 13.7. The molecule has 0 saturated heterocycles. The van der Waals surface area contributed by atoms with Crippen molar-refractivity contribution < 1.29 is 26.8 Å². The highest BCUT2D eigenvalue weighted by Gasteiger charge is 2.27. The van der Waals surface area contributed by atoms with Gasteiger partial charge in [-0.3, -0.25) is 9.10 Å². The first kappa shape index (κ1) is 28.0. The summed E-state index contributed by atoms with van der Waals surface area (Å²) in [6.45, 7) is 0. The third kappa shape index (κ3) is 4.97. The van der Waals surface area contributed by atoms with Crippen LogP contribution in [0.15, 0.2) is 83.4 Å². The Kier molecular flexibility index (Phi) is 6.89. The van der Waals surface area contributed by atoms with Crippen molar-refractivity contribution >= 4 is 43.5 Å². The van der Waals surface area contributed by atoms with Crippen molar-refractivity contribution in [2.24, 2.45) is 0 Å². The molecule has 218 valence electrons. The van der Waals surface area contributed by atoms with Gasteiger partial charge in [-0.1, -0.05) is 18.2 Å². The Morgan fingerprint density at radius 2 is 1.77 bits per heavy atom. The highest BCUT2D eigenvalue weighted by atomic mass is 32.2. The van der Waals surface area contributed by atoms with Crippen molar-refractivity contribution in [3.63, 3.8) is 0 Å². The highest BCUT2D eigenvalue weighted by Crippen LogP contribution is 2.44. The fourth-order valence-electron chi connectivity index (χ4n) is 5.13. The molecule has 0 aliphatic heterocycles. The number of furan rings is 1. The van der Waals surface area contributed by atoms with Crippen molar-refractivity contribution in [3.8, 4) is 39.6 Å². The monoisotopic (exact) mass is 598 g/mol. The summed E-state index contributed by atoms with van der Waals surface area (Å²) >= 11 is 0. The zero-order chi connectivity index (χ0) is 30.5. The van der Waals surface area contributed by atoms with Crippen LogP contribution in [0, 0.1) is 5.82 Å². The van der Waals surface area contributed by atoms with E-state index in [1.165, 1.54) is 45.5 Å². The molecule has 3 heterocycles. The molecule has 0 atom stereocenters. The van der Waals surface area contributed by atoms with Gasteiger partial charge in [-0.25, -0.2) is 17.8 Å². The lowest BCUT2D eigenvalue weighted by atomic mass is 9.97. The number of anilines is 1. The molecule has 0 aliphatic carbocycles. The zero-order valence-electron chi connectivity index (χ0n) is 23.7. The van der Waals surface area contributed by atoms with Gasteiger partial charge in [0.25, 0.3) is 5.91 Å². The summed E-state index contributed by atoms with van der Waals surface area (Å²) in [5, 5.41) is 4.10. The van der Waals surface area contributed by atoms with Crippen molar-refractivity contribution in [1.29, 1.82) is 0 Å². The number of pyridine rings is 1. The first-order chi connectivity index (χ1) is 20.6. The van der Waals surface area contributed by atoms with E-state index in [0.717, 1.165) is 32.7 Å². The number of rotatable bonds is 7. The van der Waals surface area contributed by atoms with Crippen molar-refractivity contribution in [3.05, 3.63) is 90.4 Å². The maximum absolute atomic E-state index is 13.7. The first-order valence-electron chi connectivity index (χ1n) is 13.2. The fourth-order valence-corrected chi connectivity index (χ4v) is 5.63. The first-order valence-corrected chi connectivity index (χ1v) is 15.1. The van der Waals surface area contributed by atoms with Crippen LogP contribution in [0.5, 0.6) is 5.88 Å². The Balaban J connectivity index is 1.65. The van der Waals surface area contributed by atoms with Gasteiger partial charge in [0.15, 0.2) is 0 Å². The number of ether oxygens (including phenoxy) is 1. The van der Waals surface area contributed by atoms with E-state index in [1.807, 2.05) is 36.4 Å². The molecule has 2 N–H and O–H groups in total. The van der Waals surface area contributed by atoms with Gasteiger partial charge in [-0.05, 0) is 48.5 Å². The molecule has 9 nitrogen and oxygen atoms in total. The van der Waals surface area contributed by atoms with Crippen molar-refractivity contribution in [2.45, 2.75) is 0 Å². The fraction of sp³-hybridized carbons (Fsp3) is 0.125. The van der Waals surface area contributed by atoms with Gasteiger partial charge in [0, 0.05) is 70.6 Å². The number of fused-ring (bicyclic) bond motifs is 2. The zero-order valence-corrected chi connectivity index (χ0v) is 24.5. The number of hydrogen-bond donors (Lipinski definition) is 2. The van der Waals surface area contributed by atoms with Gasteiger partial charge >= 0.3 is 0 Å². The molecule has 0 saturated carbocycles. The molecule has 11 heteroatoms. The van der Waals surface area contributed by atoms with Gasteiger partial charge in [0.05, 0.1) is 24.6 Å². The minimum absolute atomic E-state index is 0.219. The Morgan fingerprint density at radius 1 is 1.02 bits per heavy atom. The summed E-state index contributed by atoms with van der Waals surface area (Å²) in [6, 6.07) is 20.6. The number of methoxy groups -OCH3 is 1. The quantitative estimate of drug-likeness (QED) is 0.226. The third-order valence-electron chi connectivity index (χ3n) is 7.38. The largest absolute Gasteiger partial charge is 0.481 e. The Morgan fingerprint density at radius 3 is 2.44 bits per heavy atom. The average Bonchev–Trinajstić information content (AvgIpc) is 3.61. The second-order valence-electron chi connectivity index (χ2n) is 10.0. The van der Waals surface area contributed by atoms with Crippen molar-refractivity contribution in [2.75, 3.05) is 31.8 Å². The van der Waals surface area contributed by atoms with E-state index in [2.05, 4.69) is 15.3 Å². The predicted octanol–water partition coefficient (Wildman–Crippen LogP) is 6.21. The number of para-hydroxylation sites is 1. The number of aromatic nitrogens is 2. The highest BCUT2D eigenvalue weighted by molar-refractivity contribution is 7.92. The summed E-state index contributed by atoms with van der Waals surface area (Å²) in [5.74, 6) is -0.386. The van der Waals surface area contributed by atoms with E-state index < -0.39 is 21.7 Å². The number of amides is 1. The van der Waals surface area contributed by atoms with Crippen LogP contribution in [0.2, 0.25) is 0 Å². The molecule has 6 rings (SSSR count). The lowest BCUT2D eigenvalue weighted by Crippen LogP contribution is -2.25. The Hall–Kier alpha value is -5.16. The molecule has 0 bridgehead atoms. The van der Waals surface area contributed by atoms with Crippen LogP contribution in [0.25, 0.3) is 55.6 Å². The molecule has 0 radical (unpaired) electrons. The van der Waals surface area contributed by atoms with Crippen LogP contribution in [-0.4, -0.2) is 51.8 Å². The molecular weight excluding hydrogens is 571 g/mol. The molecule has 0 fully saturated rings. The van der Waals surface area contributed by atoms with Crippen LogP contribution in [0.1, 0.15) is 10.4 Å². The van der Waals surface area contributed by atoms with E-state index in [1.54, 1.807) is 18.3 Å². The number of halogens is 1. The van der Waals surface area contributed by atoms with Gasteiger partial charge in [0.2, 0.25) is 15.9 Å². The van der Waals surface area contributed by atoms with Gasteiger partial charge in [-0.15, -0.1) is 0 Å². The summed E-state index contributed by atoms with van der Waals surface area (Å²) in [7, 11) is 0.682. The topological polar surface area (TPSA) is 118 Å². The standard InChI is InChI=1S/C32H27FN4O5S/c1-34-31(38)29-24-15-22(23-13-20(17-35-32(23)41-3)26-14-19-7-5-6-8-25(19)36-26)27(37(2)43(4,39)40)16-28(24)42-30(29)18-9-11-21(33)12-10-18/h5-17,36H,1-4H3,(H,34,38). The number of aromatic amines is 1. The lowest BCUT2D eigenvalue weighted by Gasteiger charge is -2.21. The molecule has 0 unspecified atom stereocenters. The molecular formula is C32H27FN4O5S. The van der Waals surface area contributed by atoms with Gasteiger partial charge in [0.1, 0.15) is 17.2 Å². The van der Waals surface area contributed by atoms with Crippen LogP contribution >= 0.6 is 0 Å². The van der Waals surface area contributed by atoms with Gasteiger partial charge in [-0.2, -0.15) is 0 Å². The minimum atomic E-state index is -3.73. The summed E-state index contributed by atoms with van der Waals surface area (Å²) < 4.78 is 52.3. The van der Waals surface area contributed by atoms with Crippen molar-refractivity contribution in [1.82, 2.24) is 15.3 Å². The minimum Gasteiger partial charge on any atom is -0.481 e. The molecule has 3 aromatic carbocycles. The Bertz CT molecular complexity index is 2100. The SMILES string of the molecule is CNC(=O)c1c(-c2ccc(F)cc2)oc2cc(N(C)S(C)(=O)=O)c(-c3cc(-c4cc5ccccc5[nH]4)cnc3OC)cc12. The molecule has 6 aromatic rings. The lowest BCUT2D eigenvalue weighted by molar-refractivity contribution is 0.0964. The molecule has 3 aromatic heterocycles. The summed E-state index contributed by atoms with van der Waals surface area (Å²) in [5.41, 5.74) is 4.70. The van der Waals surface area contributed by atoms with E-state index in [-0.39, 0.29) is 28.5 Å². The number of H-pyrrole nitrogens is 1. The average molecular weight is 599 g/mol. The van der Waals surface area contributed by atoms with E-state index in [9.17, 15) is 17.6 Å². The summed E-state index contributed by atoms with van der Waals surface area (Å²) in [6.07, 6.45) is 2.77. The van der Waals surface area contributed by atoms with E-state index in [4.69, 9.17) is 9.15 Å². The number of carbonyl (C=O) groups is 1. The van der Waals surface area contributed by atoms with E-state index in [0.29, 0.717) is 22.1 Å². The number of nitrogens with zero attached hydrogens (tertiary/aromatic N) is 2. The second kappa shape index (κ2) is 10.6. The van der Waals surface area contributed by atoms with Gasteiger partial charge < -0.3 is 19.5 Å². The Labute approximate surface area is 247 Å². The number of benzene rings is 3. The normalized spacial score (nSPS) is 11.7. The predicted molar refractivity (Wildman–Crippen MR) is 165 cm³/mol. The molecule has 0 spiro atoms. The number of nitrogens with one attached hydrogen (secondary N) is 2. The maximum Gasteiger partial charge on any atom is 0.255 e. The number of carbonyl (C=O) groups excluding carboxylic acids is 1. The smallest absolute Gasteiger partial charge is 0.255 e. The third-order valence-corrected chi connectivity index (χ3v) is 8.57. The number of sulfonamides is 1.